The van der Waals surface area contributed by atoms with Crippen LogP contribution in [0.1, 0.15) is 59.0 Å². The normalized spacial score (nSPS) is 17.5. The molecule has 0 radical (unpaired) electrons. The zero-order valence-corrected chi connectivity index (χ0v) is 16.6. The van der Waals surface area contributed by atoms with E-state index in [4.69, 9.17) is 0 Å². The van der Waals surface area contributed by atoms with Crippen molar-refractivity contribution < 1.29 is 9.59 Å². The SMILES string of the molecule is CC(NC(=O)C1c2ccccc2C(=O)N1C(C)c1ccccc1)c1ccccc1. The molecule has 0 spiro atoms. The van der Waals surface area contributed by atoms with Crippen LogP contribution in [0.2, 0.25) is 0 Å². The third-order valence-electron chi connectivity index (χ3n) is 5.60. The molecule has 3 aromatic rings. The van der Waals surface area contributed by atoms with Crippen LogP contribution in [0, 0.1) is 0 Å². The van der Waals surface area contributed by atoms with Gasteiger partial charge in [0.2, 0.25) is 5.91 Å². The fourth-order valence-electron chi connectivity index (χ4n) is 4.01. The van der Waals surface area contributed by atoms with Gasteiger partial charge in [-0.2, -0.15) is 0 Å². The molecule has 4 heteroatoms. The van der Waals surface area contributed by atoms with E-state index in [1.165, 1.54) is 0 Å². The monoisotopic (exact) mass is 384 g/mol. The second-order valence-corrected chi connectivity index (χ2v) is 7.43. The van der Waals surface area contributed by atoms with Crippen LogP contribution in [0.5, 0.6) is 0 Å². The van der Waals surface area contributed by atoms with E-state index in [0.717, 1.165) is 16.7 Å². The minimum atomic E-state index is -0.653. The standard InChI is InChI=1S/C25H24N2O2/c1-17(19-11-5-3-6-12-19)26-24(28)23-21-15-9-10-16-22(21)25(29)27(23)18(2)20-13-7-4-8-14-20/h3-18,23H,1-2H3,(H,26,28). The van der Waals surface area contributed by atoms with Crippen LogP contribution in [0.25, 0.3) is 0 Å². The molecular formula is C25H24N2O2. The first-order valence-corrected chi connectivity index (χ1v) is 9.90. The van der Waals surface area contributed by atoms with E-state index in [1.807, 2.05) is 92.7 Å². The van der Waals surface area contributed by atoms with E-state index in [9.17, 15) is 9.59 Å². The van der Waals surface area contributed by atoms with Crippen LogP contribution in [0.3, 0.4) is 0 Å². The average Bonchev–Trinajstić information content (AvgIpc) is 3.07. The van der Waals surface area contributed by atoms with Crippen LogP contribution in [0.15, 0.2) is 84.9 Å². The Hall–Kier alpha value is -3.40. The number of amides is 2. The molecular weight excluding hydrogens is 360 g/mol. The van der Waals surface area contributed by atoms with Crippen molar-refractivity contribution in [3.8, 4) is 0 Å². The summed E-state index contributed by atoms with van der Waals surface area (Å²) in [6.07, 6.45) is 0. The second kappa shape index (κ2) is 7.92. The molecule has 3 aromatic carbocycles. The van der Waals surface area contributed by atoms with Gasteiger partial charge in [-0.05, 0) is 36.6 Å². The minimum absolute atomic E-state index is 0.107. The van der Waals surface area contributed by atoms with Crippen LogP contribution >= 0.6 is 0 Å². The third-order valence-corrected chi connectivity index (χ3v) is 5.60. The number of benzene rings is 3. The highest BCUT2D eigenvalue weighted by molar-refractivity contribution is 6.05. The van der Waals surface area contributed by atoms with E-state index in [0.29, 0.717) is 5.56 Å². The summed E-state index contributed by atoms with van der Waals surface area (Å²) < 4.78 is 0. The molecule has 1 aliphatic heterocycles. The van der Waals surface area contributed by atoms with Crippen molar-refractivity contribution in [3.63, 3.8) is 0 Å². The lowest BCUT2D eigenvalue weighted by Crippen LogP contribution is -2.41. The average molecular weight is 384 g/mol. The first kappa shape index (κ1) is 18.9. The van der Waals surface area contributed by atoms with Crippen molar-refractivity contribution in [2.75, 3.05) is 0 Å². The van der Waals surface area contributed by atoms with Gasteiger partial charge in [-0.3, -0.25) is 9.59 Å². The van der Waals surface area contributed by atoms with Gasteiger partial charge in [0, 0.05) is 5.56 Å². The van der Waals surface area contributed by atoms with Crippen LogP contribution < -0.4 is 5.32 Å². The van der Waals surface area contributed by atoms with Gasteiger partial charge in [0.1, 0.15) is 6.04 Å². The van der Waals surface area contributed by atoms with E-state index in [2.05, 4.69) is 5.32 Å². The molecule has 0 bridgehead atoms. The maximum atomic E-state index is 13.4. The van der Waals surface area contributed by atoms with Crippen molar-refractivity contribution in [3.05, 3.63) is 107 Å². The first-order chi connectivity index (χ1) is 14.1. The highest BCUT2D eigenvalue weighted by atomic mass is 16.2. The van der Waals surface area contributed by atoms with E-state index in [-0.39, 0.29) is 23.9 Å². The summed E-state index contributed by atoms with van der Waals surface area (Å²) in [5.74, 6) is -0.271. The van der Waals surface area contributed by atoms with E-state index >= 15 is 0 Å². The Kier molecular flexibility index (Phi) is 5.17. The minimum Gasteiger partial charge on any atom is -0.347 e. The fraction of sp³-hybridized carbons (Fsp3) is 0.200. The van der Waals surface area contributed by atoms with Crippen molar-refractivity contribution in [1.29, 1.82) is 0 Å². The number of nitrogens with zero attached hydrogens (tertiary/aromatic N) is 1. The predicted octanol–water partition coefficient (Wildman–Crippen LogP) is 4.82. The lowest BCUT2D eigenvalue weighted by molar-refractivity contribution is -0.126. The largest absolute Gasteiger partial charge is 0.347 e. The summed E-state index contributed by atoms with van der Waals surface area (Å²) in [5, 5.41) is 3.10. The molecule has 1 aliphatic rings. The molecule has 1 heterocycles. The molecule has 0 saturated heterocycles. The number of carbonyl (C=O) groups is 2. The Bertz CT molecular complexity index is 1020. The molecule has 29 heavy (non-hydrogen) atoms. The number of rotatable bonds is 5. The Morgan fingerprint density at radius 3 is 2.03 bits per heavy atom. The van der Waals surface area contributed by atoms with Gasteiger partial charge >= 0.3 is 0 Å². The third kappa shape index (κ3) is 3.54. The summed E-state index contributed by atoms with van der Waals surface area (Å²) in [7, 11) is 0. The van der Waals surface area contributed by atoms with Crippen molar-refractivity contribution in [2.45, 2.75) is 32.0 Å². The lowest BCUT2D eigenvalue weighted by atomic mass is 10.0. The Balaban J connectivity index is 1.67. The highest BCUT2D eigenvalue weighted by Gasteiger charge is 2.43. The second-order valence-electron chi connectivity index (χ2n) is 7.43. The topological polar surface area (TPSA) is 49.4 Å². The van der Waals surface area contributed by atoms with E-state index in [1.54, 1.807) is 11.0 Å². The smallest absolute Gasteiger partial charge is 0.255 e. The molecule has 0 saturated carbocycles. The molecule has 3 unspecified atom stereocenters. The zero-order valence-electron chi connectivity index (χ0n) is 16.6. The molecule has 4 rings (SSSR count). The lowest BCUT2D eigenvalue weighted by Gasteiger charge is -2.31. The Labute approximate surface area is 171 Å². The van der Waals surface area contributed by atoms with Crippen molar-refractivity contribution in [2.24, 2.45) is 0 Å². The van der Waals surface area contributed by atoms with Crippen LogP contribution in [-0.2, 0) is 4.79 Å². The summed E-state index contributed by atoms with van der Waals surface area (Å²) >= 11 is 0. The maximum absolute atomic E-state index is 13.4. The predicted molar refractivity (Wildman–Crippen MR) is 113 cm³/mol. The van der Waals surface area contributed by atoms with Gasteiger partial charge in [0.25, 0.3) is 5.91 Å². The molecule has 0 aromatic heterocycles. The quantitative estimate of drug-likeness (QED) is 0.685. The molecule has 1 N–H and O–H groups in total. The maximum Gasteiger partial charge on any atom is 0.255 e. The van der Waals surface area contributed by atoms with Gasteiger partial charge in [0.15, 0.2) is 0 Å². The van der Waals surface area contributed by atoms with Gasteiger partial charge in [-0.15, -0.1) is 0 Å². The number of fused-ring (bicyclic) bond motifs is 1. The summed E-state index contributed by atoms with van der Waals surface area (Å²) in [4.78, 5) is 28.3. The first-order valence-electron chi connectivity index (χ1n) is 9.90. The van der Waals surface area contributed by atoms with Gasteiger partial charge in [-0.1, -0.05) is 78.9 Å². The molecule has 2 amide bonds. The molecule has 146 valence electrons. The summed E-state index contributed by atoms with van der Waals surface area (Å²) in [6.45, 7) is 3.93. The molecule has 0 fully saturated rings. The molecule has 3 atom stereocenters. The van der Waals surface area contributed by atoms with Crippen LogP contribution in [-0.4, -0.2) is 16.7 Å². The van der Waals surface area contributed by atoms with Crippen molar-refractivity contribution in [1.82, 2.24) is 10.2 Å². The van der Waals surface area contributed by atoms with E-state index < -0.39 is 6.04 Å². The number of hydrogen-bond donors (Lipinski definition) is 1. The molecule has 4 nitrogen and oxygen atoms in total. The zero-order chi connectivity index (χ0) is 20.4. The number of carbonyl (C=O) groups excluding carboxylic acids is 2. The Morgan fingerprint density at radius 2 is 1.38 bits per heavy atom. The summed E-state index contributed by atoms with van der Waals surface area (Å²) in [5.41, 5.74) is 3.39. The fourth-order valence-corrected chi connectivity index (χ4v) is 4.01. The van der Waals surface area contributed by atoms with Crippen molar-refractivity contribution >= 4 is 11.8 Å². The van der Waals surface area contributed by atoms with Crippen LogP contribution in [0.4, 0.5) is 0 Å². The van der Waals surface area contributed by atoms with Gasteiger partial charge in [0.05, 0.1) is 12.1 Å². The summed E-state index contributed by atoms with van der Waals surface area (Å²) in [6, 6.07) is 26.0. The Morgan fingerprint density at radius 1 is 0.828 bits per heavy atom. The highest BCUT2D eigenvalue weighted by Crippen LogP contribution is 2.40. The number of nitrogens with one attached hydrogen (secondary N) is 1. The molecule has 0 aliphatic carbocycles. The number of hydrogen-bond acceptors (Lipinski definition) is 2. The van der Waals surface area contributed by atoms with Gasteiger partial charge < -0.3 is 10.2 Å². The van der Waals surface area contributed by atoms with Gasteiger partial charge in [-0.25, -0.2) is 0 Å².